The van der Waals surface area contributed by atoms with Crippen LogP contribution in [0.1, 0.15) is 6.42 Å². The van der Waals surface area contributed by atoms with Gasteiger partial charge in [0.2, 0.25) is 5.78 Å². The molecule has 0 amide bonds. The quantitative estimate of drug-likeness (QED) is 0.215. The van der Waals surface area contributed by atoms with Gasteiger partial charge in [-0.1, -0.05) is 0 Å². The molecule has 0 bridgehead atoms. The Morgan fingerprint density at radius 3 is 1.67 bits per heavy atom. The predicted octanol–water partition coefficient (Wildman–Crippen LogP) is -4.17. The lowest BCUT2D eigenvalue weighted by atomic mass is 9.97. The summed E-state index contributed by atoms with van der Waals surface area (Å²) in [7, 11) is 0. The van der Waals surface area contributed by atoms with E-state index >= 15 is 0 Å². The summed E-state index contributed by atoms with van der Waals surface area (Å²) < 4.78 is 0. The predicted molar refractivity (Wildman–Crippen MR) is 54.4 cm³/mol. The number of aliphatic carboxylic acids is 1. The number of carbonyl (C=O) groups is 2. The molecular weight excluding hydrogens is 252 g/mol. The van der Waals surface area contributed by atoms with Crippen molar-refractivity contribution in [3.63, 3.8) is 0 Å². The Labute approximate surface area is 102 Å². The van der Waals surface area contributed by atoms with Crippen LogP contribution in [-0.2, 0) is 9.59 Å². The topological polar surface area (TPSA) is 176 Å². The van der Waals surface area contributed by atoms with Crippen LogP contribution in [0, 0.1) is 0 Å². The monoisotopic (exact) mass is 268 g/mol. The Kier molecular flexibility index (Phi) is 6.91. The molecule has 0 saturated carbocycles. The number of Topliss-reactive ketones (excluding diaryl/α,β-unsaturated/α-hetero) is 1. The van der Waals surface area contributed by atoms with E-state index in [1.54, 1.807) is 0 Å². The number of carboxylic acids is 1. The molecule has 0 unspecified atom stereocenters. The zero-order chi connectivity index (χ0) is 14.5. The molecule has 0 heterocycles. The maximum Gasteiger partial charge on any atom is 0.372 e. The van der Waals surface area contributed by atoms with Crippen LogP contribution in [0.2, 0.25) is 0 Å². The smallest absolute Gasteiger partial charge is 0.372 e. The van der Waals surface area contributed by atoms with Gasteiger partial charge in [-0.2, -0.15) is 0 Å². The third-order valence-corrected chi connectivity index (χ3v) is 2.31. The van der Waals surface area contributed by atoms with Gasteiger partial charge in [-0.3, -0.25) is 4.79 Å². The first kappa shape index (κ1) is 16.9. The van der Waals surface area contributed by atoms with E-state index in [1.165, 1.54) is 0 Å². The molecule has 9 heteroatoms. The molecule has 106 valence electrons. The average molecular weight is 268 g/mol. The fraction of sp³-hybridized carbons (Fsp3) is 0.778. The lowest BCUT2D eigenvalue weighted by Crippen LogP contribution is -2.50. The van der Waals surface area contributed by atoms with Crippen molar-refractivity contribution in [1.82, 2.24) is 0 Å². The SMILES string of the molecule is O=C(O)C(=O)C[C@@H](O)[C@H](O)[C@H](O)[C@@H](O)[C@@H](O)CO. The number of carboxylic acid groups (broad SMARTS) is 1. The minimum atomic E-state index is -2.05. The van der Waals surface area contributed by atoms with Crippen LogP contribution >= 0.6 is 0 Å². The zero-order valence-corrected chi connectivity index (χ0v) is 9.25. The molecule has 9 nitrogen and oxygen atoms in total. The summed E-state index contributed by atoms with van der Waals surface area (Å²) in [5.41, 5.74) is 0. The molecule has 0 fully saturated rings. The van der Waals surface area contributed by atoms with E-state index in [0.29, 0.717) is 0 Å². The molecule has 0 aromatic carbocycles. The lowest BCUT2D eigenvalue weighted by Gasteiger charge is -2.28. The molecule has 0 radical (unpaired) electrons. The molecule has 0 aliphatic heterocycles. The van der Waals surface area contributed by atoms with Gasteiger partial charge in [0.15, 0.2) is 0 Å². The maximum absolute atomic E-state index is 10.7. The van der Waals surface area contributed by atoms with Gasteiger partial charge in [-0.25, -0.2) is 4.79 Å². The van der Waals surface area contributed by atoms with Gasteiger partial charge >= 0.3 is 5.97 Å². The Balaban J connectivity index is 4.49. The molecule has 0 aromatic rings. The van der Waals surface area contributed by atoms with Crippen LogP contribution in [0.4, 0.5) is 0 Å². The van der Waals surface area contributed by atoms with Crippen molar-refractivity contribution in [2.24, 2.45) is 0 Å². The van der Waals surface area contributed by atoms with Crippen LogP contribution in [-0.4, -0.2) is 84.6 Å². The van der Waals surface area contributed by atoms with Crippen molar-refractivity contribution >= 4 is 11.8 Å². The summed E-state index contributed by atoms with van der Waals surface area (Å²) in [4.78, 5) is 20.9. The van der Waals surface area contributed by atoms with Crippen molar-refractivity contribution in [1.29, 1.82) is 0 Å². The zero-order valence-electron chi connectivity index (χ0n) is 9.25. The lowest BCUT2D eigenvalue weighted by molar-refractivity contribution is -0.155. The van der Waals surface area contributed by atoms with E-state index in [2.05, 4.69) is 0 Å². The number of carbonyl (C=O) groups excluding carboxylic acids is 1. The first-order chi connectivity index (χ1) is 8.22. The highest BCUT2D eigenvalue weighted by atomic mass is 16.4. The number of aliphatic hydroxyl groups is 6. The summed E-state index contributed by atoms with van der Waals surface area (Å²) in [5.74, 6) is -3.20. The van der Waals surface area contributed by atoms with E-state index in [9.17, 15) is 30.0 Å². The Morgan fingerprint density at radius 2 is 1.28 bits per heavy atom. The van der Waals surface area contributed by atoms with E-state index in [-0.39, 0.29) is 0 Å². The summed E-state index contributed by atoms with van der Waals surface area (Å²) in [6.45, 7) is -0.894. The van der Waals surface area contributed by atoms with Gasteiger partial charge in [0.1, 0.15) is 24.4 Å². The normalized spacial score (nSPS) is 19.7. The largest absolute Gasteiger partial charge is 0.475 e. The maximum atomic E-state index is 10.7. The van der Waals surface area contributed by atoms with Gasteiger partial charge in [-0.05, 0) is 0 Å². The highest BCUT2D eigenvalue weighted by molar-refractivity contribution is 6.32. The number of rotatable bonds is 8. The highest BCUT2D eigenvalue weighted by Gasteiger charge is 2.35. The third-order valence-electron chi connectivity index (χ3n) is 2.31. The van der Waals surface area contributed by atoms with Crippen LogP contribution in [0.25, 0.3) is 0 Å². The molecule has 18 heavy (non-hydrogen) atoms. The average Bonchev–Trinajstić information content (AvgIpc) is 2.34. The first-order valence-electron chi connectivity index (χ1n) is 4.99. The summed E-state index contributed by atoms with van der Waals surface area (Å²) >= 11 is 0. The Hall–Kier alpha value is -1.10. The van der Waals surface area contributed by atoms with Crippen LogP contribution < -0.4 is 0 Å². The second kappa shape index (κ2) is 7.36. The number of hydrogen-bond acceptors (Lipinski definition) is 8. The minimum Gasteiger partial charge on any atom is -0.475 e. The van der Waals surface area contributed by atoms with E-state index < -0.39 is 55.3 Å². The summed E-state index contributed by atoms with van der Waals surface area (Å²) in [5, 5.41) is 62.9. The van der Waals surface area contributed by atoms with Crippen molar-refractivity contribution in [2.45, 2.75) is 36.9 Å². The Bertz CT molecular complexity index is 292. The highest BCUT2D eigenvalue weighted by Crippen LogP contribution is 2.11. The summed E-state index contributed by atoms with van der Waals surface area (Å²) in [6, 6.07) is 0. The second-order valence-electron chi connectivity index (χ2n) is 3.72. The second-order valence-corrected chi connectivity index (χ2v) is 3.72. The van der Waals surface area contributed by atoms with E-state index in [1.807, 2.05) is 0 Å². The van der Waals surface area contributed by atoms with Crippen LogP contribution in [0.5, 0.6) is 0 Å². The van der Waals surface area contributed by atoms with E-state index in [0.717, 1.165) is 0 Å². The number of hydrogen-bond donors (Lipinski definition) is 7. The van der Waals surface area contributed by atoms with Crippen LogP contribution in [0.15, 0.2) is 0 Å². The molecule has 0 aliphatic rings. The van der Waals surface area contributed by atoms with Gasteiger partial charge in [0.05, 0.1) is 12.7 Å². The third kappa shape index (κ3) is 4.64. The molecule has 0 rings (SSSR count). The Morgan fingerprint density at radius 1 is 0.833 bits per heavy atom. The van der Waals surface area contributed by atoms with Gasteiger partial charge < -0.3 is 35.7 Å². The van der Waals surface area contributed by atoms with Gasteiger partial charge in [-0.15, -0.1) is 0 Å². The molecule has 7 N–H and O–H groups in total. The molecule has 0 aliphatic carbocycles. The van der Waals surface area contributed by atoms with Crippen molar-refractivity contribution < 1.29 is 45.3 Å². The molecule has 0 spiro atoms. The minimum absolute atomic E-state index is 0.894. The fourth-order valence-electron chi connectivity index (χ4n) is 1.16. The fourth-order valence-corrected chi connectivity index (χ4v) is 1.16. The number of aliphatic hydroxyl groups excluding tert-OH is 6. The molecular formula is C9H16O9. The van der Waals surface area contributed by atoms with Crippen molar-refractivity contribution in [3.05, 3.63) is 0 Å². The molecule has 0 aromatic heterocycles. The van der Waals surface area contributed by atoms with E-state index in [4.69, 9.17) is 15.3 Å². The first-order valence-corrected chi connectivity index (χ1v) is 4.99. The summed E-state index contributed by atoms with van der Waals surface area (Å²) in [6.07, 6.45) is -10.7. The standard InChI is InChI=1S/C9H16O9/c10-2-5(13)7(15)8(16)6(14)3(11)1-4(12)9(17)18/h3,5-8,10-11,13-16H,1-2H2,(H,17,18)/t3-,5+,6+,7+,8+/m1/s1. The van der Waals surface area contributed by atoms with Gasteiger partial charge in [0.25, 0.3) is 0 Å². The van der Waals surface area contributed by atoms with Crippen molar-refractivity contribution in [2.75, 3.05) is 6.61 Å². The molecule has 0 saturated heterocycles. The van der Waals surface area contributed by atoms with Crippen molar-refractivity contribution in [3.8, 4) is 0 Å². The van der Waals surface area contributed by atoms with Gasteiger partial charge in [0, 0.05) is 6.42 Å². The van der Waals surface area contributed by atoms with Crippen LogP contribution in [0.3, 0.4) is 0 Å². The molecule has 5 atom stereocenters. The number of ketones is 1.